The molecule has 0 radical (unpaired) electrons. The maximum absolute atomic E-state index is 11.9. The van der Waals surface area contributed by atoms with E-state index in [1.54, 1.807) is 19.1 Å². The SMILES string of the molecule is Cc1cc(C)c(C(N)C(=O)NN(C)C)c(C)c1. The van der Waals surface area contributed by atoms with Crippen LogP contribution >= 0.6 is 0 Å². The zero-order chi connectivity index (χ0) is 13.2. The molecule has 4 nitrogen and oxygen atoms in total. The summed E-state index contributed by atoms with van der Waals surface area (Å²) in [6.45, 7) is 6.01. The van der Waals surface area contributed by atoms with Crippen LogP contribution in [0.5, 0.6) is 0 Å². The highest BCUT2D eigenvalue weighted by Crippen LogP contribution is 2.22. The van der Waals surface area contributed by atoms with Gasteiger partial charge in [-0.2, -0.15) is 0 Å². The summed E-state index contributed by atoms with van der Waals surface area (Å²) < 4.78 is 0. The summed E-state index contributed by atoms with van der Waals surface area (Å²) in [6.07, 6.45) is 0. The number of hydrogen-bond donors (Lipinski definition) is 2. The van der Waals surface area contributed by atoms with Gasteiger partial charge in [-0.05, 0) is 37.5 Å². The number of nitrogens with one attached hydrogen (secondary N) is 1. The van der Waals surface area contributed by atoms with Crippen molar-refractivity contribution in [3.63, 3.8) is 0 Å². The van der Waals surface area contributed by atoms with Crippen LogP contribution in [0.25, 0.3) is 0 Å². The van der Waals surface area contributed by atoms with Crippen LogP contribution in [0, 0.1) is 20.8 Å². The van der Waals surface area contributed by atoms with Crippen molar-refractivity contribution in [1.82, 2.24) is 10.4 Å². The number of rotatable bonds is 3. The Balaban J connectivity index is 3.04. The van der Waals surface area contributed by atoms with E-state index in [0.29, 0.717) is 0 Å². The molecule has 1 atom stereocenters. The van der Waals surface area contributed by atoms with Crippen molar-refractivity contribution in [3.8, 4) is 0 Å². The second kappa shape index (κ2) is 5.29. The molecule has 0 bridgehead atoms. The number of aryl methyl sites for hydroxylation is 3. The number of carbonyl (C=O) groups is 1. The van der Waals surface area contributed by atoms with E-state index in [1.165, 1.54) is 5.56 Å². The van der Waals surface area contributed by atoms with Gasteiger partial charge < -0.3 is 5.73 Å². The minimum atomic E-state index is -0.627. The largest absolute Gasteiger partial charge is 0.316 e. The zero-order valence-electron chi connectivity index (χ0n) is 11.2. The first-order chi connectivity index (χ1) is 7.82. The molecule has 0 spiro atoms. The quantitative estimate of drug-likeness (QED) is 0.774. The Labute approximate surface area is 103 Å². The molecule has 0 saturated heterocycles. The molecule has 1 aromatic carbocycles. The van der Waals surface area contributed by atoms with E-state index in [0.717, 1.165) is 16.7 Å². The van der Waals surface area contributed by atoms with Gasteiger partial charge in [-0.15, -0.1) is 0 Å². The van der Waals surface area contributed by atoms with Crippen LogP contribution < -0.4 is 11.2 Å². The first-order valence-corrected chi connectivity index (χ1v) is 5.64. The number of benzene rings is 1. The van der Waals surface area contributed by atoms with Gasteiger partial charge >= 0.3 is 0 Å². The summed E-state index contributed by atoms with van der Waals surface area (Å²) in [7, 11) is 3.53. The molecule has 0 aliphatic rings. The molecule has 94 valence electrons. The zero-order valence-corrected chi connectivity index (χ0v) is 11.2. The molecule has 1 aromatic rings. The number of hydrogen-bond acceptors (Lipinski definition) is 3. The molecule has 0 fully saturated rings. The monoisotopic (exact) mass is 235 g/mol. The number of carbonyl (C=O) groups excluding carboxylic acids is 1. The Bertz CT molecular complexity index is 404. The van der Waals surface area contributed by atoms with Crippen molar-refractivity contribution < 1.29 is 4.79 Å². The molecule has 0 heterocycles. The topological polar surface area (TPSA) is 58.4 Å². The van der Waals surface area contributed by atoms with Crippen molar-refractivity contribution in [2.45, 2.75) is 26.8 Å². The number of hydrazine groups is 1. The molecule has 0 aliphatic heterocycles. The summed E-state index contributed by atoms with van der Waals surface area (Å²) in [6, 6.07) is 3.47. The first-order valence-electron chi connectivity index (χ1n) is 5.64. The van der Waals surface area contributed by atoms with Gasteiger partial charge in [-0.25, -0.2) is 5.01 Å². The molecular formula is C13H21N3O. The number of amides is 1. The molecule has 17 heavy (non-hydrogen) atoms. The minimum absolute atomic E-state index is 0.190. The Kier molecular flexibility index (Phi) is 4.26. The summed E-state index contributed by atoms with van der Waals surface area (Å²) >= 11 is 0. The predicted molar refractivity (Wildman–Crippen MR) is 69.4 cm³/mol. The fourth-order valence-corrected chi connectivity index (χ4v) is 2.10. The normalized spacial score (nSPS) is 12.6. The Morgan fingerprint density at radius 2 is 1.71 bits per heavy atom. The van der Waals surface area contributed by atoms with Gasteiger partial charge in [-0.3, -0.25) is 10.2 Å². The van der Waals surface area contributed by atoms with Crippen LogP contribution in [0.4, 0.5) is 0 Å². The van der Waals surface area contributed by atoms with Gasteiger partial charge in [0.1, 0.15) is 6.04 Å². The van der Waals surface area contributed by atoms with Gasteiger partial charge in [-0.1, -0.05) is 17.7 Å². The van der Waals surface area contributed by atoms with Gasteiger partial charge in [0.05, 0.1) is 0 Å². The average molecular weight is 235 g/mol. The summed E-state index contributed by atoms with van der Waals surface area (Å²) in [5.41, 5.74) is 12.9. The third-order valence-corrected chi connectivity index (χ3v) is 2.67. The van der Waals surface area contributed by atoms with E-state index >= 15 is 0 Å². The highest BCUT2D eigenvalue weighted by atomic mass is 16.2. The van der Waals surface area contributed by atoms with Crippen LogP contribution in [0.3, 0.4) is 0 Å². The minimum Gasteiger partial charge on any atom is -0.316 e. The average Bonchev–Trinajstić information content (AvgIpc) is 2.14. The molecule has 0 saturated carbocycles. The van der Waals surface area contributed by atoms with Gasteiger partial charge in [0.25, 0.3) is 5.91 Å². The second-order valence-corrected chi connectivity index (χ2v) is 4.66. The highest BCUT2D eigenvalue weighted by Gasteiger charge is 2.20. The maximum atomic E-state index is 11.9. The lowest BCUT2D eigenvalue weighted by atomic mass is 9.94. The molecule has 1 unspecified atom stereocenters. The van der Waals surface area contributed by atoms with Crippen molar-refractivity contribution in [2.24, 2.45) is 5.73 Å². The molecule has 1 amide bonds. The van der Waals surface area contributed by atoms with Gasteiger partial charge in [0.2, 0.25) is 0 Å². The third kappa shape index (κ3) is 3.28. The van der Waals surface area contributed by atoms with Gasteiger partial charge in [0, 0.05) is 14.1 Å². The van der Waals surface area contributed by atoms with E-state index < -0.39 is 6.04 Å². The third-order valence-electron chi connectivity index (χ3n) is 2.67. The molecule has 0 aliphatic carbocycles. The molecule has 1 rings (SSSR count). The van der Waals surface area contributed by atoms with E-state index in [4.69, 9.17) is 5.73 Å². The van der Waals surface area contributed by atoms with E-state index in [1.807, 2.05) is 32.9 Å². The van der Waals surface area contributed by atoms with Crippen LogP contribution in [-0.4, -0.2) is 25.0 Å². The lowest BCUT2D eigenvalue weighted by Gasteiger charge is -2.20. The Morgan fingerprint density at radius 1 is 1.24 bits per heavy atom. The van der Waals surface area contributed by atoms with Crippen LogP contribution in [0.1, 0.15) is 28.3 Å². The highest BCUT2D eigenvalue weighted by molar-refractivity contribution is 5.83. The summed E-state index contributed by atoms with van der Waals surface area (Å²) in [4.78, 5) is 11.9. The van der Waals surface area contributed by atoms with Gasteiger partial charge in [0.15, 0.2) is 0 Å². The molecule has 0 aromatic heterocycles. The summed E-state index contributed by atoms with van der Waals surface area (Å²) in [5, 5.41) is 1.60. The fourth-order valence-electron chi connectivity index (χ4n) is 2.10. The number of nitrogens with zero attached hydrogens (tertiary/aromatic N) is 1. The standard InChI is InChI=1S/C13H21N3O/c1-8-6-9(2)11(10(3)7-8)12(14)13(17)15-16(4)5/h6-7,12H,14H2,1-5H3,(H,15,17). The Hall–Kier alpha value is -1.39. The number of nitrogens with two attached hydrogens (primary N) is 1. The second-order valence-electron chi connectivity index (χ2n) is 4.66. The van der Waals surface area contributed by atoms with Crippen LogP contribution in [0.15, 0.2) is 12.1 Å². The van der Waals surface area contributed by atoms with Crippen molar-refractivity contribution >= 4 is 5.91 Å². The summed E-state index contributed by atoms with van der Waals surface area (Å²) in [5.74, 6) is -0.190. The van der Waals surface area contributed by atoms with Crippen molar-refractivity contribution in [3.05, 3.63) is 34.4 Å². The predicted octanol–water partition coefficient (Wildman–Crippen LogP) is 1.20. The Morgan fingerprint density at radius 3 is 2.12 bits per heavy atom. The van der Waals surface area contributed by atoms with Crippen LogP contribution in [-0.2, 0) is 4.79 Å². The van der Waals surface area contributed by atoms with Crippen molar-refractivity contribution in [2.75, 3.05) is 14.1 Å². The lowest BCUT2D eigenvalue weighted by Crippen LogP contribution is -2.42. The molecular weight excluding hydrogens is 214 g/mol. The lowest BCUT2D eigenvalue weighted by molar-refractivity contribution is -0.126. The van der Waals surface area contributed by atoms with Crippen LogP contribution in [0.2, 0.25) is 0 Å². The van der Waals surface area contributed by atoms with Crippen molar-refractivity contribution in [1.29, 1.82) is 0 Å². The van der Waals surface area contributed by atoms with E-state index in [2.05, 4.69) is 5.43 Å². The smallest absolute Gasteiger partial charge is 0.255 e. The molecule has 3 N–H and O–H groups in total. The first kappa shape index (κ1) is 13.7. The molecule has 4 heteroatoms. The fraction of sp³-hybridized carbons (Fsp3) is 0.462. The maximum Gasteiger partial charge on any atom is 0.255 e. The van der Waals surface area contributed by atoms with E-state index in [-0.39, 0.29) is 5.91 Å². The van der Waals surface area contributed by atoms with E-state index in [9.17, 15) is 4.79 Å².